The summed E-state index contributed by atoms with van der Waals surface area (Å²) < 4.78 is 10.5. The molecule has 0 atom stereocenters. The van der Waals surface area contributed by atoms with Crippen LogP contribution in [-0.2, 0) is 0 Å². The second-order valence-corrected chi connectivity index (χ2v) is 6.90. The summed E-state index contributed by atoms with van der Waals surface area (Å²) in [4.78, 5) is 37.4. The molecule has 0 unspecified atom stereocenters. The van der Waals surface area contributed by atoms with Crippen molar-refractivity contribution < 1.29 is 23.9 Å². The second-order valence-electron chi connectivity index (χ2n) is 6.90. The Morgan fingerprint density at radius 3 is 1.22 bits per heavy atom. The van der Waals surface area contributed by atoms with Crippen molar-refractivity contribution in [1.82, 2.24) is 0 Å². The summed E-state index contributed by atoms with van der Waals surface area (Å²) in [5.74, 6) is -0.0188. The Balaban J connectivity index is 1.44. The van der Waals surface area contributed by atoms with E-state index >= 15 is 0 Å². The first-order chi connectivity index (χ1) is 15.6. The minimum absolute atomic E-state index is 0.174. The molecular weight excluding hydrogens is 404 g/mol. The van der Waals surface area contributed by atoms with Crippen molar-refractivity contribution >= 4 is 17.7 Å². The second kappa shape index (κ2) is 9.53. The van der Waals surface area contributed by atoms with Gasteiger partial charge in [-0.25, -0.2) is 4.79 Å². The zero-order chi connectivity index (χ0) is 22.3. The number of hydrogen-bond donors (Lipinski definition) is 0. The summed E-state index contributed by atoms with van der Waals surface area (Å²) in [6.07, 6.45) is -0.973. The summed E-state index contributed by atoms with van der Waals surface area (Å²) in [5.41, 5.74) is 1.84. The Hall–Kier alpha value is -4.51. The van der Waals surface area contributed by atoms with E-state index in [1.165, 1.54) is 12.1 Å². The van der Waals surface area contributed by atoms with Gasteiger partial charge in [0.15, 0.2) is 11.6 Å². The van der Waals surface area contributed by atoms with E-state index in [-0.39, 0.29) is 23.1 Å². The van der Waals surface area contributed by atoms with Gasteiger partial charge in [0.2, 0.25) is 0 Å². The molecule has 32 heavy (non-hydrogen) atoms. The maximum absolute atomic E-state index is 12.6. The van der Waals surface area contributed by atoms with Gasteiger partial charge in [0.25, 0.3) is 0 Å². The van der Waals surface area contributed by atoms with Crippen LogP contribution in [0.15, 0.2) is 109 Å². The molecule has 0 amide bonds. The van der Waals surface area contributed by atoms with E-state index in [4.69, 9.17) is 9.47 Å². The molecule has 4 rings (SSSR count). The van der Waals surface area contributed by atoms with Crippen LogP contribution in [0.2, 0.25) is 0 Å². The van der Waals surface area contributed by atoms with Gasteiger partial charge in [-0.2, -0.15) is 0 Å². The van der Waals surface area contributed by atoms with E-state index in [1.54, 1.807) is 84.9 Å². The highest BCUT2D eigenvalue weighted by atomic mass is 16.7. The van der Waals surface area contributed by atoms with Crippen molar-refractivity contribution in [3.8, 4) is 11.5 Å². The van der Waals surface area contributed by atoms with E-state index in [2.05, 4.69) is 0 Å². The molecule has 0 aliphatic heterocycles. The number of carbonyl (C=O) groups is 3. The molecule has 0 saturated carbocycles. The van der Waals surface area contributed by atoms with Crippen molar-refractivity contribution in [1.29, 1.82) is 0 Å². The van der Waals surface area contributed by atoms with Gasteiger partial charge in [0, 0.05) is 22.3 Å². The van der Waals surface area contributed by atoms with Crippen LogP contribution in [0.25, 0.3) is 0 Å². The molecule has 156 valence electrons. The third-order valence-electron chi connectivity index (χ3n) is 4.67. The summed E-state index contributed by atoms with van der Waals surface area (Å²) in [5, 5.41) is 0. The smallest absolute Gasteiger partial charge is 0.395 e. The zero-order valence-corrected chi connectivity index (χ0v) is 16.9. The minimum Gasteiger partial charge on any atom is -0.395 e. The largest absolute Gasteiger partial charge is 0.519 e. The molecule has 4 aromatic rings. The minimum atomic E-state index is -0.973. The van der Waals surface area contributed by atoms with E-state index in [9.17, 15) is 14.4 Å². The fourth-order valence-corrected chi connectivity index (χ4v) is 3.13. The Morgan fingerprint density at radius 1 is 0.438 bits per heavy atom. The average Bonchev–Trinajstić information content (AvgIpc) is 2.84. The van der Waals surface area contributed by atoms with Gasteiger partial charge in [0.05, 0.1) is 0 Å². The van der Waals surface area contributed by atoms with E-state index in [1.807, 2.05) is 12.1 Å². The van der Waals surface area contributed by atoms with Crippen molar-refractivity contribution in [2.75, 3.05) is 0 Å². The molecule has 0 aliphatic rings. The third-order valence-corrected chi connectivity index (χ3v) is 4.67. The quantitative estimate of drug-likeness (QED) is 0.226. The van der Waals surface area contributed by atoms with Crippen LogP contribution in [-0.4, -0.2) is 17.7 Å². The lowest BCUT2D eigenvalue weighted by molar-refractivity contribution is 0.103. The van der Waals surface area contributed by atoms with Crippen molar-refractivity contribution in [2.45, 2.75) is 0 Å². The van der Waals surface area contributed by atoms with Gasteiger partial charge in [-0.15, -0.1) is 0 Å². The third kappa shape index (κ3) is 4.96. The number of benzene rings is 4. The molecule has 0 saturated heterocycles. The molecule has 5 heteroatoms. The Bertz CT molecular complexity index is 1160. The van der Waals surface area contributed by atoms with E-state index in [0.29, 0.717) is 22.3 Å². The zero-order valence-electron chi connectivity index (χ0n) is 16.9. The van der Waals surface area contributed by atoms with Crippen LogP contribution < -0.4 is 9.47 Å². The molecule has 0 radical (unpaired) electrons. The van der Waals surface area contributed by atoms with Gasteiger partial charge >= 0.3 is 6.16 Å². The lowest BCUT2D eigenvalue weighted by Gasteiger charge is -2.08. The fraction of sp³-hybridized carbons (Fsp3) is 0. The lowest BCUT2D eigenvalue weighted by atomic mass is 10.0. The molecule has 4 aromatic carbocycles. The number of rotatable bonds is 6. The van der Waals surface area contributed by atoms with Gasteiger partial charge in [-0.3, -0.25) is 9.59 Å². The highest BCUT2D eigenvalue weighted by Gasteiger charge is 2.14. The normalized spacial score (nSPS) is 10.2. The summed E-state index contributed by atoms with van der Waals surface area (Å²) in [6, 6.07) is 30.2. The molecule has 0 aliphatic carbocycles. The van der Waals surface area contributed by atoms with Crippen molar-refractivity contribution in [3.63, 3.8) is 0 Å². The predicted molar refractivity (Wildman–Crippen MR) is 119 cm³/mol. The maximum atomic E-state index is 12.6. The summed E-state index contributed by atoms with van der Waals surface area (Å²) >= 11 is 0. The standard InChI is InChI=1S/C27H18O5/c28-25(19-9-3-1-4-10-19)21-13-7-15-23(17-21)31-27(30)32-24-16-8-14-22(18-24)26(29)20-11-5-2-6-12-20/h1-18H. The van der Waals surface area contributed by atoms with E-state index < -0.39 is 6.16 Å². The molecule has 0 bridgehead atoms. The van der Waals surface area contributed by atoms with Crippen LogP contribution in [0, 0.1) is 0 Å². The van der Waals surface area contributed by atoms with Crippen LogP contribution in [0.1, 0.15) is 31.8 Å². The van der Waals surface area contributed by atoms with Crippen molar-refractivity contribution in [3.05, 3.63) is 131 Å². The highest BCUT2D eigenvalue weighted by molar-refractivity contribution is 6.09. The molecule has 0 N–H and O–H groups in total. The van der Waals surface area contributed by atoms with Crippen LogP contribution in [0.4, 0.5) is 4.79 Å². The van der Waals surface area contributed by atoms with Crippen LogP contribution >= 0.6 is 0 Å². The maximum Gasteiger partial charge on any atom is 0.519 e. The first-order valence-corrected chi connectivity index (χ1v) is 9.89. The van der Waals surface area contributed by atoms with E-state index in [0.717, 1.165) is 0 Å². The lowest BCUT2D eigenvalue weighted by Crippen LogP contribution is -2.14. The number of ether oxygens (including phenoxy) is 2. The topological polar surface area (TPSA) is 69.7 Å². The monoisotopic (exact) mass is 422 g/mol. The fourth-order valence-electron chi connectivity index (χ4n) is 3.13. The van der Waals surface area contributed by atoms with Gasteiger partial charge in [-0.1, -0.05) is 84.9 Å². The highest BCUT2D eigenvalue weighted by Crippen LogP contribution is 2.20. The molecule has 5 nitrogen and oxygen atoms in total. The van der Waals surface area contributed by atoms with Gasteiger partial charge in [-0.05, 0) is 24.3 Å². The van der Waals surface area contributed by atoms with Gasteiger partial charge < -0.3 is 9.47 Å². The molecular formula is C27H18O5. The Kier molecular flexibility index (Phi) is 6.18. The van der Waals surface area contributed by atoms with Gasteiger partial charge in [0.1, 0.15) is 11.5 Å². The summed E-state index contributed by atoms with van der Waals surface area (Å²) in [7, 11) is 0. The first-order valence-electron chi connectivity index (χ1n) is 9.89. The molecule has 0 heterocycles. The predicted octanol–water partition coefficient (Wildman–Crippen LogP) is 5.73. The number of hydrogen-bond acceptors (Lipinski definition) is 5. The summed E-state index contributed by atoms with van der Waals surface area (Å²) in [6.45, 7) is 0. The van der Waals surface area contributed by atoms with Crippen molar-refractivity contribution in [2.24, 2.45) is 0 Å². The Labute approximate surface area is 184 Å². The number of ketones is 2. The average molecular weight is 422 g/mol. The Morgan fingerprint density at radius 2 is 0.812 bits per heavy atom. The molecule has 0 aromatic heterocycles. The SMILES string of the molecule is O=C(Oc1cccc(C(=O)c2ccccc2)c1)Oc1cccc(C(=O)c2ccccc2)c1. The van der Waals surface area contributed by atoms with Crippen LogP contribution in [0.3, 0.4) is 0 Å². The molecule has 0 spiro atoms. The van der Waals surface area contributed by atoms with Crippen LogP contribution in [0.5, 0.6) is 11.5 Å². The molecule has 0 fully saturated rings. The first kappa shape index (κ1) is 20.8. The number of carbonyl (C=O) groups excluding carboxylic acids is 3.